The Kier molecular flexibility index (Phi) is 4.70. The highest BCUT2D eigenvalue weighted by molar-refractivity contribution is 6.32. The lowest BCUT2D eigenvalue weighted by Gasteiger charge is -2.11. The van der Waals surface area contributed by atoms with Crippen molar-refractivity contribution in [2.75, 3.05) is 0 Å². The third-order valence-electron chi connectivity index (χ3n) is 2.77. The molecule has 0 radical (unpaired) electrons. The molecule has 1 atom stereocenters. The van der Waals surface area contributed by atoms with E-state index < -0.39 is 0 Å². The zero-order valence-electron chi connectivity index (χ0n) is 10.6. The summed E-state index contributed by atoms with van der Waals surface area (Å²) in [6, 6.07) is 13.1. The van der Waals surface area contributed by atoms with Crippen molar-refractivity contribution in [2.45, 2.75) is 19.6 Å². The number of rotatable bonds is 4. The van der Waals surface area contributed by atoms with Gasteiger partial charge in [0.25, 0.3) is 0 Å². The predicted molar refractivity (Wildman–Crippen MR) is 79.8 cm³/mol. The third-order valence-corrected chi connectivity index (χ3v) is 3.30. The normalized spacial score (nSPS) is 12.2. The number of ether oxygens (including phenoxy) is 1. The molecule has 0 amide bonds. The summed E-state index contributed by atoms with van der Waals surface area (Å²) >= 11 is 12.1. The molecule has 2 aromatic carbocycles. The maximum absolute atomic E-state index is 6.16. The van der Waals surface area contributed by atoms with Crippen LogP contribution < -0.4 is 10.5 Å². The zero-order valence-corrected chi connectivity index (χ0v) is 12.1. The Labute approximate surface area is 123 Å². The van der Waals surface area contributed by atoms with E-state index in [1.165, 1.54) is 0 Å². The van der Waals surface area contributed by atoms with Gasteiger partial charge < -0.3 is 10.5 Å². The number of nitrogens with two attached hydrogens (primary N) is 1. The lowest BCUT2D eigenvalue weighted by molar-refractivity contribution is 0.306. The van der Waals surface area contributed by atoms with Gasteiger partial charge in [0.15, 0.2) is 0 Å². The van der Waals surface area contributed by atoms with Crippen molar-refractivity contribution in [1.29, 1.82) is 0 Å². The fraction of sp³-hybridized carbons (Fsp3) is 0.200. The van der Waals surface area contributed by atoms with Crippen LogP contribution >= 0.6 is 23.2 Å². The first kappa shape index (κ1) is 14.2. The average Bonchev–Trinajstić information content (AvgIpc) is 2.37. The summed E-state index contributed by atoms with van der Waals surface area (Å²) in [5, 5.41) is 1.26. The van der Waals surface area contributed by atoms with Crippen molar-refractivity contribution in [3.8, 4) is 5.75 Å². The molecular weight excluding hydrogens is 281 g/mol. The van der Waals surface area contributed by atoms with Crippen LogP contribution in [0, 0.1) is 0 Å². The van der Waals surface area contributed by atoms with E-state index >= 15 is 0 Å². The van der Waals surface area contributed by atoms with Gasteiger partial charge in [0, 0.05) is 11.1 Å². The van der Waals surface area contributed by atoms with Gasteiger partial charge in [0.1, 0.15) is 12.4 Å². The topological polar surface area (TPSA) is 35.2 Å². The maximum atomic E-state index is 6.16. The van der Waals surface area contributed by atoms with Gasteiger partial charge in [-0.15, -0.1) is 0 Å². The summed E-state index contributed by atoms with van der Waals surface area (Å²) in [5.74, 6) is 0.644. The molecule has 0 aliphatic rings. The van der Waals surface area contributed by atoms with E-state index in [1.54, 1.807) is 0 Å². The van der Waals surface area contributed by atoms with Crippen LogP contribution in [0.4, 0.5) is 0 Å². The highest BCUT2D eigenvalue weighted by Crippen LogP contribution is 2.28. The van der Waals surface area contributed by atoms with E-state index in [0.717, 1.165) is 11.1 Å². The van der Waals surface area contributed by atoms with Crippen molar-refractivity contribution >= 4 is 23.2 Å². The molecule has 0 unspecified atom stereocenters. The molecule has 100 valence electrons. The van der Waals surface area contributed by atoms with Crippen molar-refractivity contribution in [3.63, 3.8) is 0 Å². The lowest BCUT2D eigenvalue weighted by atomic mass is 10.1. The summed E-state index contributed by atoms with van der Waals surface area (Å²) in [7, 11) is 0. The lowest BCUT2D eigenvalue weighted by Crippen LogP contribution is -2.05. The smallest absolute Gasteiger partial charge is 0.138 e. The van der Waals surface area contributed by atoms with Gasteiger partial charge in [-0.1, -0.05) is 41.4 Å². The van der Waals surface area contributed by atoms with Crippen LogP contribution in [0.25, 0.3) is 0 Å². The molecule has 4 heteroatoms. The monoisotopic (exact) mass is 295 g/mol. The SMILES string of the molecule is C[C@H](N)c1ccc(OCc2cccc(Cl)c2)c(Cl)c1. The van der Waals surface area contributed by atoms with Crippen LogP contribution in [0.1, 0.15) is 24.1 Å². The minimum Gasteiger partial charge on any atom is -0.487 e. The number of hydrogen-bond donors (Lipinski definition) is 1. The molecule has 0 aliphatic carbocycles. The molecule has 0 bridgehead atoms. The van der Waals surface area contributed by atoms with Gasteiger partial charge in [-0.3, -0.25) is 0 Å². The molecule has 0 heterocycles. The van der Waals surface area contributed by atoms with Crippen LogP contribution in [0.3, 0.4) is 0 Å². The maximum Gasteiger partial charge on any atom is 0.138 e. The van der Waals surface area contributed by atoms with Crippen LogP contribution in [0.2, 0.25) is 10.0 Å². The van der Waals surface area contributed by atoms with Gasteiger partial charge in [-0.05, 0) is 42.3 Å². The second-order valence-electron chi connectivity index (χ2n) is 4.40. The second-order valence-corrected chi connectivity index (χ2v) is 5.24. The molecule has 0 fully saturated rings. The van der Waals surface area contributed by atoms with Crippen LogP contribution in [0.5, 0.6) is 5.75 Å². The number of benzene rings is 2. The molecule has 0 aromatic heterocycles. The first-order valence-electron chi connectivity index (χ1n) is 5.98. The molecule has 2 nitrogen and oxygen atoms in total. The molecule has 2 N–H and O–H groups in total. The summed E-state index contributed by atoms with van der Waals surface area (Å²) in [5.41, 5.74) is 7.79. The van der Waals surface area contributed by atoms with Crippen LogP contribution in [0.15, 0.2) is 42.5 Å². The largest absolute Gasteiger partial charge is 0.487 e. The minimum absolute atomic E-state index is 0.0421. The third kappa shape index (κ3) is 3.87. The van der Waals surface area contributed by atoms with E-state index in [-0.39, 0.29) is 6.04 Å². The summed E-state index contributed by atoms with van der Waals surface area (Å²) in [6.07, 6.45) is 0. The van der Waals surface area contributed by atoms with E-state index in [1.807, 2.05) is 49.4 Å². The minimum atomic E-state index is -0.0421. The summed E-state index contributed by atoms with van der Waals surface area (Å²) < 4.78 is 5.68. The van der Waals surface area contributed by atoms with E-state index in [0.29, 0.717) is 22.4 Å². The Morgan fingerprint density at radius 2 is 1.95 bits per heavy atom. The van der Waals surface area contributed by atoms with E-state index in [9.17, 15) is 0 Å². The molecular formula is C15H15Cl2NO. The fourth-order valence-electron chi connectivity index (χ4n) is 1.71. The standard InChI is InChI=1S/C15H15Cl2NO/c1-10(18)12-5-6-15(14(17)8-12)19-9-11-3-2-4-13(16)7-11/h2-8,10H,9,18H2,1H3/t10-/m0/s1. The Hall–Kier alpha value is -1.22. The molecule has 0 saturated carbocycles. The summed E-state index contributed by atoms with van der Waals surface area (Å²) in [4.78, 5) is 0. The van der Waals surface area contributed by atoms with Crippen molar-refractivity contribution < 1.29 is 4.74 Å². The van der Waals surface area contributed by atoms with Gasteiger partial charge in [-0.25, -0.2) is 0 Å². The highest BCUT2D eigenvalue weighted by atomic mass is 35.5. The Morgan fingerprint density at radius 3 is 2.58 bits per heavy atom. The average molecular weight is 296 g/mol. The number of hydrogen-bond acceptors (Lipinski definition) is 2. The Balaban J connectivity index is 2.07. The molecule has 0 aliphatic heterocycles. The van der Waals surface area contributed by atoms with Crippen molar-refractivity contribution in [3.05, 3.63) is 63.6 Å². The van der Waals surface area contributed by atoms with E-state index in [2.05, 4.69) is 0 Å². The molecule has 2 rings (SSSR count). The fourth-order valence-corrected chi connectivity index (χ4v) is 2.16. The first-order valence-corrected chi connectivity index (χ1v) is 6.74. The highest BCUT2D eigenvalue weighted by Gasteiger charge is 2.06. The van der Waals surface area contributed by atoms with Gasteiger partial charge >= 0.3 is 0 Å². The molecule has 0 spiro atoms. The quantitative estimate of drug-likeness (QED) is 0.895. The number of halogens is 2. The predicted octanol–water partition coefficient (Wildman–Crippen LogP) is 4.59. The van der Waals surface area contributed by atoms with Crippen LogP contribution in [-0.4, -0.2) is 0 Å². The van der Waals surface area contributed by atoms with Gasteiger partial charge in [0.05, 0.1) is 5.02 Å². The molecule has 2 aromatic rings. The molecule has 0 saturated heterocycles. The van der Waals surface area contributed by atoms with Crippen molar-refractivity contribution in [2.24, 2.45) is 5.73 Å². The van der Waals surface area contributed by atoms with Gasteiger partial charge in [-0.2, -0.15) is 0 Å². The zero-order chi connectivity index (χ0) is 13.8. The van der Waals surface area contributed by atoms with E-state index in [4.69, 9.17) is 33.7 Å². The van der Waals surface area contributed by atoms with Gasteiger partial charge in [0.2, 0.25) is 0 Å². The second kappa shape index (κ2) is 6.29. The Bertz CT molecular complexity index is 570. The molecule has 19 heavy (non-hydrogen) atoms. The van der Waals surface area contributed by atoms with Crippen molar-refractivity contribution in [1.82, 2.24) is 0 Å². The van der Waals surface area contributed by atoms with Crippen LogP contribution in [-0.2, 0) is 6.61 Å². The Morgan fingerprint density at radius 1 is 1.16 bits per heavy atom. The summed E-state index contributed by atoms with van der Waals surface area (Å²) in [6.45, 7) is 2.34. The first-order chi connectivity index (χ1) is 9.06.